The van der Waals surface area contributed by atoms with Gasteiger partial charge in [-0.05, 0) is 11.6 Å². The number of carbonyl (C=O) groups excluding carboxylic acids is 1. The minimum absolute atomic E-state index is 0.159. The topological polar surface area (TPSA) is 74.4 Å². The van der Waals surface area contributed by atoms with Gasteiger partial charge in [-0.25, -0.2) is 0 Å². The number of ketones is 1. The summed E-state index contributed by atoms with van der Waals surface area (Å²) in [7, 11) is 0. The zero-order valence-electron chi connectivity index (χ0n) is 12.7. The molecule has 4 rings (SSSR count). The van der Waals surface area contributed by atoms with Gasteiger partial charge in [-0.2, -0.15) is 15.4 Å². The summed E-state index contributed by atoms with van der Waals surface area (Å²) in [4.78, 5) is 15.9. The molecule has 0 atom stereocenters. The van der Waals surface area contributed by atoms with Crippen LogP contribution in [0.1, 0.15) is 16.1 Å². The Morgan fingerprint density at radius 2 is 1.54 bits per heavy atom. The standard InChI is InChI=1S/C19H14N4O/c24-19(14-9-5-2-6-10-14)18-17(21-23-22-18)16-15(11-12-20-16)13-7-3-1-4-8-13/h1-12,20H,(H,21,22,23). The van der Waals surface area contributed by atoms with E-state index in [1.165, 1.54) is 0 Å². The normalized spacial score (nSPS) is 10.7. The van der Waals surface area contributed by atoms with Gasteiger partial charge in [-0.1, -0.05) is 60.7 Å². The fourth-order valence-corrected chi connectivity index (χ4v) is 2.71. The van der Waals surface area contributed by atoms with Crippen molar-refractivity contribution in [1.29, 1.82) is 0 Å². The van der Waals surface area contributed by atoms with Crippen LogP contribution in [0, 0.1) is 0 Å². The Labute approximate surface area is 138 Å². The first-order valence-corrected chi connectivity index (χ1v) is 7.58. The Bertz CT molecular complexity index is 971. The highest BCUT2D eigenvalue weighted by Crippen LogP contribution is 2.31. The molecule has 5 nitrogen and oxygen atoms in total. The van der Waals surface area contributed by atoms with Crippen molar-refractivity contribution < 1.29 is 4.79 Å². The molecule has 0 aliphatic heterocycles. The van der Waals surface area contributed by atoms with Gasteiger partial charge in [0.05, 0.1) is 5.69 Å². The average Bonchev–Trinajstić information content (AvgIpc) is 3.31. The van der Waals surface area contributed by atoms with Crippen LogP contribution < -0.4 is 0 Å². The molecule has 0 spiro atoms. The molecule has 0 saturated heterocycles. The Morgan fingerprint density at radius 1 is 0.833 bits per heavy atom. The quantitative estimate of drug-likeness (QED) is 0.564. The van der Waals surface area contributed by atoms with Crippen LogP contribution in [0.4, 0.5) is 0 Å². The largest absolute Gasteiger partial charge is 0.359 e. The lowest BCUT2D eigenvalue weighted by atomic mass is 10.0. The van der Waals surface area contributed by atoms with Crippen LogP contribution in [0.5, 0.6) is 0 Å². The van der Waals surface area contributed by atoms with Crippen LogP contribution in [-0.2, 0) is 0 Å². The van der Waals surface area contributed by atoms with Crippen molar-refractivity contribution in [1.82, 2.24) is 20.4 Å². The molecule has 0 unspecified atom stereocenters. The van der Waals surface area contributed by atoms with E-state index in [2.05, 4.69) is 20.4 Å². The molecule has 4 aromatic rings. The third kappa shape index (κ3) is 2.42. The maximum absolute atomic E-state index is 12.7. The van der Waals surface area contributed by atoms with Crippen molar-refractivity contribution in [2.24, 2.45) is 0 Å². The van der Waals surface area contributed by atoms with Crippen LogP contribution in [-0.4, -0.2) is 26.2 Å². The Hall–Kier alpha value is -3.47. The predicted octanol–water partition coefficient (Wildman–Crippen LogP) is 3.70. The summed E-state index contributed by atoms with van der Waals surface area (Å²) in [6.45, 7) is 0. The highest BCUT2D eigenvalue weighted by atomic mass is 16.1. The SMILES string of the molecule is O=C(c1ccccc1)c1n[nH]nc1-c1[nH]ccc1-c1ccccc1. The maximum atomic E-state index is 12.7. The molecule has 2 heterocycles. The molecule has 0 amide bonds. The summed E-state index contributed by atoms with van der Waals surface area (Å²) in [5.74, 6) is -0.159. The molecule has 116 valence electrons. The van der Waals surface area contributed by atoms with Crippen molar-refractivity contribution >= 4 is 5.78 Å². The number of aromatic nitrogens is 4. The van der Waals surface area contributed by atoms with Crippen molar-refractivity contribution in [3.63, 3.8) is 0 Å². The van der Waals surface area contributed by atoms with Crippen molar-refractivity contribution in [3.05, 3.63) is 84.2 Å². The molecule has 2 aromatic heterocycles. The van der Waals surface area contributed by atoms with Crippen molar-refractivity contribution in [2.75, 3.05) is 0 Å². The van der Waals surface area contributed by atoms with Gasteiger partial charge in [-0.3, -0.25) is 4.79 Å². The molecular weight excluding hydrogens is 300 g/mol. The van der Waals surface area contributed by atoms with Gasteiger partial charge in [0.2, 0.25) is 5.78 Å². The Balaban J connectivity index is 1.80. The molecule has 0 radical (unpaired) electrons. The minimum Gasteiger partial charge on any atom is -0.359 e. The van der Waals surface area contributed by atoms with Crippen molar-refractivity contribution in [2.45, 2.75) is 0 Å². The molecule has 0 fully saturated rings. The fraction of sp³-hybridized carbons (Fsp3) is 0. The first kappa shape index (κ1) is 14.1. The summed E-state index contributed by atoms with van der Waals surface area (Å²) >= 11 is 0. The number of nitrogens with one attached hydrogen (secondary N) is 2. The number of hydrogen-bond acceptors (Lipinski definition) is 3. The smallest absolute Gasteiger partial charge is 0.215 e. The second-order valence-electron chi connectivity index (χ2n) is 5.35. The molecular formula is C19H14N4O. The molecule has 0 aliphatic carbocycles. The van der Waals surface area contributed by atoms with E-state index in [0.29, 0.717) is 17.0 Å². The van der Waals surface area contributed by atoms with E-state index in [1.807, 2.05) is 60.8 Å². The second kappa shape index (κ2) is 5.96. The van der Waals surface area contributed by atoms with Crippen LogP contribution in [0.2, 0.25) is 0 Å². The highest BCUT2D eigenvalue weighted by molar-refractivity contribution is 6.11. The lowest BCUT2D eigenvalue weighted by Gasteiger charge is -2.04. The summed E-state index contributed by atoms with van der Waals surface area (Å²) in [6.07, 6.45) is 1.84. The number of benzene rings is 2. The molecule has 2 N–H and O–H groups in total. The van der Waals surface area contributed by atoms with Crippen LogP contribution >= 0.6 is 0 Å². The van der Waals surface area contributed by atoms with E-state index < -0.39 is 0 Å². The summed E-state index contributed by atoms with van der Waals surface area (Å²) < 4.78 is 0. The first-order valence-electron chi connectivity index (χ1n) is 7.58. The third-order valence-electron chi connectivity index (χ3n) is 3.87. The summed E-state index contributed by atoms with van der Waals surface area (Å²) in [5.41, 5.74) is 4.21. The summed E-state index contributed by atoms with van der Waals surface area (Å²) in [5, 5.41) is 10.9. The zero-order valence-corrected chi connectivity index (χ0v) is 12.7. The average molecular weight is 314 g/mol. The van der Waals surface area contributed by atoms with Crippen LogP contribution in [0.25, 0.3) is 22.5 Å². The number of nitrogens with zero attached hydrogens (tertiary/aromatic N) is 2. The second-order valence-corrected chi connectivity index (χ2v) is 5.35. The molecule has 0 aliphatic rings. The number of rotatable bonds is 4. The fourth-order valence-electron chi connectivity index (χ4n) is 2.71. The van der Waals surface area contributed by atoms with Gasteiger partial charge in [0.15, 0.2) is 5.69 Å². The number of hydrogen-bond donors (Lipinski definition) is 2. The molecule has 0 saturated carbocycles. The Kier molecular flexibility index (Phi) is 3.51. The first-order chi connectivity index (χ1) is 11.8. The van der Waals surface area contributed by atoms with Gasteiger partial charge in [0, 0.05) is 17.3 Å². The van der Waals surface area contributed by atoms with E-state index in [0.717, 1.165) is 16.8 Å². The lowest BCUT2D eigenvalue weighted by molar-refractivity contribution is 0.103. The third-order valence-corrected chi connectivity index (χ3v) is 3.87. The monoisotopic (exact) mass is 314 g/mol. The van der Waals surface area contributed by atoms with Gasteiger partial charge in [-0.15, -0.1) is 0 Å². The molecule has 5 heteroatoms. The van der Waals surface area contributed by atoms with E-state index in [4.69, 9.17) is 0 Å². The van der Waals surface area contributed by atoms with Gasteiger partial charge >= 0.3 is 0 Å². The van der Waals surface area contributed by atoms with E-state index in [-0.39, 0.29) is 5.78 Å². The Morgan fingerprint density at radius 3 is 2.29 bits per heavy atom. The zero-order chi connectivity index (χ0) is 16.4. The van der Waals surface area contributed by atoms with Gasteiger partial charge < -0.3 is 4.98 Å². The van der Waals surface area contributed by atoms with Crippen LogP contribution in [0.3, 0.4) is 0 Å². The summed E-state index contributed by atoms with van der Waals surface area (Å²) in [6, 6.07) is 21.0. The van der Waals surface area contributed by atoms with Gasteiger partial charge in [0.1, 0.15) is 5.69 Å². The number of H-pyrrole nitrogens is 2. The molecule has 0 bridgehead atoms. The number of carbonyl (C=O) groups is 1. The molecule has 24 heavy (non-hydrogen) atoms. The molecule has 2 aromatic carbocycles. The lowest BCUT2D eigenvalue weighted by Crippen LogP contribution is -2.04. The number of aromatic amines is 2. The van der Waals surface area contributed by atoms with Gasteiger partial charge in [0.25, 0.3) is 0 Å². The van der Waals surface area contributed by atoms with E-state index >= 15 is 0 Å². The minimum atomic E-state index is -0.159. The maximum Gasteiger partial charge on any atom is 0.215 e. The highest BCUT2D eigenvalue weighted by Gasteiger charge is 2.22. The van der Waals surface area contributed by atoms with E-state index in [1.54, 1.807) is 12.1 Å². The predicted molar refractivity (Wildman–Crippen MR) is 91.5 cm³/mol. The van der Waals surface area contributed by atoms with Crippen molar-refractivity contribution in [3.8, 4) is 22.5 Å². The van der Waals surface area contributed by atoms with E-state index in [9.17, 15) is 4.79 Å². The van der Waals surface area contributed by atoms with Crippen LogP contribution in [0.15, 0.2) is 72.9 Å².